The van der Waals surface area contributed by atoms with E-state index in [4.69, 9.17) is 0 Å². The van der Waals surface area contributed by atoms with Crippen LogP contribution >= 0.6 is 0 Å². The Bertz CT molecular complexity index is 492. The third-order valence-corrected chi connectivity index (χ3v) is 8.51. The molecule has 0 radical (unpaired) electrons. The number of nitrogens with zero attached hydrogens (tertiary/aromatic N) is 1. The van der Waals surface area contributed by atoms with Crippen molar-refractivity contribution in [3.8, 4) is 0 Å². The highest BCUT2D eigenvalue weighted by atomic mass is 16.3. The van der Waals surface area contributed by atoms with E-state index in [1.54, 1.807) is 0 Å². The van der Waals surface area contributed by atoms with Gasteiger partial charge in [0, 0.05) is 19.5 Å². The number of piperidine rings is 1. The number of carbonyl (C=O) groups excluding carboxylic acids is 1. The van der Waals surface area contributed by atoms with Crippen LogP contribution in [0.1, 0.15) is 65.2 Å². The fourth-order valence-electron chi connectivity index (χ4n) is 7.12. The lowest BCUT2D eigenvalue weighted by molar-refractivity contribution is -0.159. The molecule has 4 rings (SSSR count). The van der Waals surface area contributed by atoms with Gasteiger partial charge in [0.2, 0.25) is 5.91 Å². The molecule has 7 atom stereocenters. The van der Waals surface area contributed by atoms with Crippen molar-refractivity contribution < 1.29 is 9.90 Å². The summed E-state index contributed by atoms with van der Waals surface area (Å²) in [5.74, 6) is 2.59. The van der Waals surface area contributed by atoms with E-state index >= 15 is 0 Å². The van der Waals surface area contributed by atoms with Crippen molar-refractivity contribution in [2.75, 3.05) is 7.05 Å². The minimum absolute atomic E-state index is 0.0837. The minimum Gasteiger partial charge on any atom is -0.393 e. The Morgan fingerprint density at radius 2 is 1.73 bits per heavy atom. The van der Waals surface area contributed by atoms with Crippen LogP contribution in [-0.2, 0) is 4.79 Å². The summed E-state index contributed by atoms with van der Waals surface area (Å²) in [6.45, 7) is 4.81. The van der Waals surface area contributed by atoms with Gasteiger partial charge in [-0.2, -0.15) is 0 Å². The number of likely N-dealkylation sites (tertiary alicyclic amines) is 1. The maximum atomic E-state index is 12.1. The monoisotopic (exact) mass is 305 g/mol. The smallest absolute Gasteiger partial charge is 0.222 e. The Labute approximate surface area is 134 Å². The van der Waals surface area contributed by atoms with Crippen LogP contribution in [0.25, 0.3) is 0 Å². The van der Waals surface area contributed by atoms with E-state index in [2.05, 4.69) is 18.7 Å². The van der Waals surface area contributed by atoms with Crippen LogP contribution < -0.4 is 0 Å². The van der Waals surface area contributed by atoms with Crippen LogP contribution in [0, 0.1) is 28.6 Å². The van der Waals surface area contributed by atoms with Crippen LogP contribution in [0.3, 0.4) is 0 Å². The highest BCUT2D eigenvalue weighted by Gasteiger charge is 2.60. The van der Waals surface area contributed by atoms with Gasteiger partial charge in [-0.25, -0.2) is 0 Å². The van der Waals surface area contributed by atoms with Crippen molar-refractivity contribution in [3.05, 3.63) is 0 Å². The van der Waals surface area contributed by atoms with Gasteiger partial charge in [0.05, 0.1) is 6.10 Å². The summed E-state index contributed by atoms with van der Waals surface area (Å²) in [4.78, 5) is 14.2. The number of hydrogen-bond acceptors (Lipinski definition) is 2. The summed E-state index contributed by atoms with van der Waals surface area (Å²) in [5, 5.41) is 10.5. The highest BCUT2D eigenvalue weighted by molar-refractivity contribution is 5.77. The van der Waals surface area contributed by atoms with Crippen LogP contribution in [0.4, 0.5) is 0 Å². The fourth-order valence-corrected chi connectivity index (χ4v) is 7.12. The number of amides is 1. The van der Waals surface area contributed by atoms with E-state index in [-0.39, 0.29) is 11.5 Å². The molecule has 0 aromatic rings. The third-order valence-electron chi connectivity index (χ3n) is 8.51. The lowest BCUT2D eigenvalue weighted by Gasteiger charge is -2.61. The molecule has 4 aliphatic rings. The van der Waals surface area contributed by atoms with Crippen LogP contribution in [0.15, 0.2) is 0 Å². The van der Waals surface area contributed by atoms with Crippen molar-refractivity contribution in [1.29, 1.82) is 0 Å². The Morgan fingerprint density at radius 3 is 2.50 bits per heavy atom. The second kappa shape index (κ2) is 4.72. The first-order chi connectivity index (χ1) is 10.4. The van der Waals surface area contributed by atoms with E-state index in [0.717, 1.165) is 31.1 Å². The molecule has 0 aromatic heterocycles. The van der Waals surface area contributed by atoms with Gasteiger partial charge in [-0.3, -0.25) is 4.79 Å². The molecule has 1 N–H and O–H groups in total. The molecule has 1 heterocycles. The van der Waals surface area contributed by atoms with Crippen molar-refractivity contribution in [2.45, 2.75) is 77.4 Å². The Kier molecular flexibility index (Phi) is 3.21. The average molecular weight is 305 g/mol. The Morgan fingerprint density at radius 1 is 1.00 bits per heavy atom. The normalized spacial score (nSPS) is 54.6. The Balaban J connectivity index is 1.65. The first-order valence-electron chi connectivity index (χ1n) is 9.31. The molecule has 4 fully saturated rings. The van der Waals surface area contributed by atoms with Gasteiger partial charge in [0.25, 0.3) is 0 Å². The first kappa shape index (κ1) is 15.0. The molecule has 1 saturated heterocycles. The van der Waals surface area contributed by atoms with Gasteiger partial charge in [-0.1, -0.05) is 13.8 Å². The third kappa shape index (κ3) is 1.75. The molecule has 124 valence electrons. The Hall–Kier alpha value is -0.570. The van der Waals surface area contributed by atoms with Gasteiger partial charge in [-0.05, 0) is 73.5 Å². The number of aliphatic hydroxyl groups is 1. The zero-order valence-corrected chi connectivity index (χ0v) is 14.3. The lowest BCUT2D eigenvalue weighted by Crippen LogP contribution is -2.61. The maximum absolute atomic E-state index is 12.1. The summed E-state index contributed by atoms with van der Waals surface area (Å²) in [6, 6.07) is 0.450. The molecule has 1 aliphatic heterocycles. The number of carbonyl (C=O) groups is 1. The molecule has 3 aliphatic carbocycles. The fraction of sp³-hybridized carbons (Fsp3) is 0.947. The van der Waals surface area contributed by atoms with Crippen molar-refractivity contribution >= 4 is 5.91 Å². The van der Waals surface area contributed by atoms with Gasteiger partial charge in [0.15, 0.2) is 0 Å². The number of hydrogen-bond donors (Lipinski definition) is 1. The van der Waals surface area contributed by atoms with Gasteiger partial charge >= 0.3 is 0 Å². The second-order valence-corrected chi connectivity index (χ2v) is 9.12. The molecular weight excluding hydrogens is 274 g/mol. The van der Waals surface area contributed by atoms with E-state index in [0.29, 0.717) is 23.3 Å². The number of aliphatic hydroxyl groups excluding tert-OH is 1. The molecule has 0 bridgehead atoms. The minimum atomic E-state index is -0.0837. The summed E-state index contributed by atoms with van der Waals surface area (Å²) in [6.07, 6.45) is 8.81. The summed E-state index contributed by atoms with van der Waals surface area (Å²) < 4.78 is 0. The van der Waals surface area contributed by atoms with E-state index in [1.165, 1.54) is 32.1 Å². The largest absolute Gasteiger partial charge is 0.393 e. The number of fused-ring (bicyclic) bond motifs is 5. The molecule has 3 heteroatoms. The molecular formula is C19H31NO2. The number of rotatable bonds is 0. The first-order valence-corrected chi connectivity index (χ1v) is 9.31. The standard InChI is InChI=1S/C19H31NO2/c1-18-11-9-17(22)20(3)15(18)6-4-12-13-5-7-16(21)19(13,2)10-8-14(12)18/h12-16,21H,4-11H2,1-3H3/t12-,13-,14+,15?,16?,18+,19-/m0/s1. The summed E-state index contributed by atoms with van der Waals surface area (Å²) in [7, 11) is 2.02. The van der Waals surface area contributed by atoms with E-state index in [1.807, 2.05) is 7.05 Å². The quantitative estimate of drug-likeness (QED) is 0.746. The van der Waals surface area contributed by atoms with Gasteiger partial charge in [-0.15, -0.1) is 0 Å². The molecule has 0 aromatic carbocycles. The molecule has 1 amide bonds. The van der Waals surface area contributed by atoms with E-state index in [9.17, 15) is 9.90 Å². The molecule has 22 heavy (non-hydrogen) atoms. The topological polar surface area (TPSA) is 40.5 Å². The van der Waals surface area contributed by atoms with E-state index < -0.39 is 0 Å². The molecule has 0 spiro atoms. The zero-order valence-electron chi connectivity index (χ0n) is 14.3. The van der Waals surface area contributed by atoms with Crippen LogP contribution in [0.5, 0.6) is 0 Å². The predicted octanol–water partition coefficient (Wildman–Crippen LogP) is 3.21. The zero-order chi connectivity index (χ0) is 15.7. The maximum Gasteiger partial charge on any atom is 0.222 e. The SMILES string of the molecule is CN1C(=O)CC[C@@]2(C)C1CC[C@@H]1[C@H]2CC[C@]2(C)C(O)CC[C@@H]12. The second-order valence-electron chi connectivity index (χ2n) is 9.12. The van der Waals surface area contributed by atoms with Crippen molar-refractivity contribution in [3.63, 3.8) is 0 Å². The molecule has 3 nitrogen and oxygen atoms in total. The lowest BCUT2D eigenvalue weighted by atomic mass is 9.47. The summed E-state index contributed by atoms with van der Waals surface area (Å²) in [5.41, 5.74) is 0.473. The van der Waals surface area contributed by atoms with Gasteiger partial charge in [0.1, 0.15) is 0 Å². The van der Waals surface area contributed by atoms with Crippen LogP contribution in [-0.4, -0.2) is 35.1 Å². The van der Waals surface area contributed by atoms with Crippen molar-refractivity contribution in [1.82, 2.24) is 4.90 Å². The van der Waals surface area contributed by atoms with Crippen LogP contribution in [0.2, 0.25) is 0 Å². The van der Waals surface area contributed by atoms with Gasteiger partial charge < -0.3 is 10.0 Å². The van der Waals surface area contributed by atoms with Crippen molar-refractivity contribution in [2.24, 2.45) is 28.6 Å². The molecule has 2 unspecified atom stereocenters. The summed E-state index contributed by atoms with van der Waals surface area (Å²) >= 11 is 0. The predicted molar refractivity (Wildman–Crippen MR) is 86.2 cm³/mol. The average Bonchev–Trinajstić information content (AvgIpc) is 2.79. The molecule has 3 saturated carbocycles. The highest BCUT2D eigenvalue weighted by Crippen LogP contribution is 2.64.